The highest BCUT2D eigenvalue weighted by Crippen LogP contribution is 2.31. The third kappa shape index (κ3) is 6.58. The lowest BCUT2D eigenvalue weighted by Crippen LogP contribution is -2.34. The molecule has 1 atom stereocenters. The van der Waals surface area contributed by atoms with Crippen LogP contribution in [0.5, 0.6) is 17.4 Å². The van der Waals surface area contributed by atoms with Crippen molar-refractivity contribution < 1.29 is 23.4 Å². The Bertz CT molecular complexity index is 1390. The number of benzene rings is 2. The Morgan fingerprint density at radius 2 is 1.92 bits per heavy atom. The van der Waals surface area contributed by atoms with Crippen molar-refractivity contribution in [2.75, 3.05) is 6.61 Å². The van der Waals surface area contributed by atoms with Crippen LogP contribution in [0.15, 0.2) is 65.2 Å². The molecule has 2 aromatic heterocycles. The van der Waals surface area contributed by atoms with Crippen molar-refractivity contribution in [2.45, 2.75) is 52.2 Å². The molecule has 8 nitrogen and oxygen atoms in total. The van der Waals surface area contributed by atoms with Gasteiger partial charge in [-0.15, -0.1) is 0 Å². The van der Waals surface area contributed by atoms with Gasteiger partial charge in [0.2, 0.25) is 11.8 Å². The van der Waals surface area contributed by atoms with Gasteiger partial charge >= 0.3 is 6.09 Å². The second-order valence-corrected chi connectivity index (χ2v) is 10.3. The zero-order valence-electron chi connectivity index (χ0n) is 21.5. The second kappa shape index (κ2) is 10.1. The van der Waals surface area contributed by atoms with Gasteiger partial charge in [0.1, 0.15) is 22.6 Å². The van der Waals surface area contributed by atoms with Crippen LogP contribution >= 0.6 is 0 Å². The lowest BCUT2D eigenvalue weighted by molar-refractivity contribution is 0.0508. The number of ether oxygens (including phenoxy) is 3. The number of amides is 1. The van der Waals surface area contributed by atoms with E-state index < -0.39 is 11.7 Å². The Hall–Kier alpha value is -4.07. The molecule has 37 heavy (non-hydrogen) atoms. The van der Waals surface area contributed by atoms with E-state index in [1.165, 1.54) is 12.8 Å². The van der Waals surface area contributed by atoms with Crippen molar-refractivity contribution in [2.24, 2.45) is 5.92 Å². The SMILES string of the molecule is C[C@@H](NC(=O)OC(C)(C)C)c1ccc2nc(-c3ccc(Oc4cccc(OCC5CC5)c4)nc3)oc2c1. The van der Waals surface area contributed by atoms with Crippen molar-refractivity contribution in [1.29, 1.82) is 0 Å². The van der Waals surface area contributed by atoms with Gasteiger partial charge in [0.25, 0.3) is 0 Å². The van der Waals surface area contributed by atoms with Crippen molar-refractivity contribution in [3.05, 3.63) is 66.4 Å². The summed E-state index contributed by atoms with van der Waals surface area (Å²) in [5.41, 5.74) is 2.38. The van der Waals surface area contributed by atoms with Gasteiger partial charge < -0.3 is 23.9 Å². The van der Waals surface area contributed by atoms with E-state index in [-0.39, 0.29) is 6.04 Å². The lowest BCUT2D eigenvalue weighted by atomic mass is 10.1. The standard InChI is InChI=1S/C29H31N3O5/c1-18(31-28(33)37-29(2,3)4)20-10-12-24-25(14-20)36-27(32-24)21-11-13-26(30-16-21)35-23-7-5-6-22(15-23)34-17-19-8-9-19/h5-7,10-16,18-19H,8-9,17H2,1-4H3,(H,31,33)/t18-/m1/s1. The van der Waals surface area contributed by atoms with E-state index in [0.717, 1.165) is 23.5 Å². The molecule has 8 heteroatoms. The van der Waals surface area contributed by atoms with E-state index in [0.29, 0.717) is 34.5 Å². The molecule has 1 amide bonds. The molecule has 1 N–H and O–H groups in total. The van der Waals surface area contributed by atoms with Crippen LogP contribution in [0.4, 0.5) is 4.79 Å². The third-order valence-corrected chi connectivity index (χ3v) is 5.84. The fraction of sp³-hybridized carbons (Fsp3) is 0.345. The summed E-state index contributed by atoms with van der Waals surface area (Å²) in [6.07, 6.45) is 3.70. The Kier molecular flexibility index (Phi) is 6.74. The molecule has 0 bridgehead atoms. The minimum absolute atomic E-state index is 0.261. The maximum Gasteiger partial charge on any atom is 0.408 e. The van der Waals surface area contributed by atoms with Gasteiger partial charge in [-0.3, -0.25) is 0 Å². The van der Waals surface area contributed by atoms with Crippen LogP contribution in [0.25, 0.3) is 22.6 Å². The summed E-state index contributed by atoms with van der Waals surface area (Å²) >= 11 is 0. The first kappa shape index (κ1) is 24.6. The molecule has 2 aromatic carbocycles. The minimum Gasteiger partial charge on any atom is -0.493 e. The van der Waals surface area contributed by atoms with Gasteiger partial charge in [-0.2, -0.15) is 0 Å². The molecular formula is C29H31N3O5. The van der Waals surface area contributed by atoms with Crippen LogP contribution in [-0.4, -0.2) is 28.3 Å². The van der Waals surface area contributed by atoms with E-state index in [1.54, 1.807) is 12.3 Å². The van der Waals surface area contributed by atoms with Gasteiger partial charge in [-0.25, -0.2) is 14.8 Å². The van der Waals surface area contributed by atoms with Gasteiger partial charge in [-0.1, -0.05) is 12.1 Å². The molecule has 0 spiro atoms. The summed E-state index contributed by atoms with van der Waals surface area (Å²) in [7, 11) is 0. The smallest absolute Gasteiger partial charge is 0.408 e. The van der Waals surface area contributed by atoms with E-state index in [9.17, 15) is 4.79 Å². The zero-order chi connectivity index (χ0) is 26.0. The highest BCUT2D eigenvalue weighted by Gasteiger charge is 2.22. The van der Waals surface area contributed by atoms with E-state index in [1.807, 2.05) is 76.2 Å². The van der Waals surface area contributed by atoms with Crippen LogP contribution in [0.1, 0.15) is 52.1 Å². The summed E-state index contributed by atoms with van der Waals surface area (Å²) in [5.74, 6) is 3.06. The Morgan fingerprint density at radius 1 is 1.11 bits per heavy atom. The number of fused-ring (bicyclic) bond motifs is 1. The highest BCUT2D eigenvalue weighted by molar-refractivity contribution is 5.77. The molecule has 0 unspecified atom stereocenters. The molecule has 0 saturated heterocycles. The minimum atomic E-state index is -0.559. The summed E-state index contributed by atoms with van der Waals surface area (Å²) in [6, 6.07) is 16.6. The average molecular weight is 502 g/mol. The maximum absolute atomic E-state index is 12.1. The average Bonchev–Trinajstić information content (AvgIpc) is 3.58. The van der Waals surface area contributed by atoms with Crippen molar-refractivity contribution in [1.82, 2.24) is 15.3 Å². The van der Waals surface area contributed by atoms with Crippen LogP contribution < -0.4 is 14.8 Å². The van der Waals surface area contributed by atoms with Crippen molar-refractivity contribution in [3.8, 4) is 28.8 Å². The molecule has 0 radical (unpaired) electrons. The zero-order valence-corrected chi connectivity index (χ0v) is 21.5. The van der Waals surface area contributed by atoms with Crippen molar-refractivity contribution >= 4 is 17.2 Å². The number of alkyl carbamates (subject to hydrolysis) is 1. The quantitative estimate of drug-likeness (QED) is 0.276. The van der Waals surface area contributed by atoms with Crippen LogP contribution in [-0.2, 0) is 4.74 Å². The number of nitrogens with one attached hydrogen (secondary N) is 1. The van der Waals surface area contributed by atoms with Gasteiger partial charge in [0.05, 0.1) is 18.2 Å². The predicted octanol–water partition coefficient (Wildman–Crippen LogP) is 7.06. The molecular weight excluding hydrogens is 470 g/mol. The molecule has 192 valence electrons. The first-order chi connectivity index (χ1) is 17.7. The van der Waals surface area contributed by atoms with Crippen LogP contribution in [0.2, 0.25) is 0 Å². The van der Waals surface area contributed by atoms with E-state index in [2.05, 4.69) is 15.3 Å². The van der Waals surface area contributed by atoms with Crippen molar-refractivity contribution in [3.63, 3.8) is 0 Å². The summed E-state index contributed by atoms with van der Waals surface area (Å²) in [5, 5.41) is 2.85. The number of aromatic nitrogens is 2. The third-order valence-electron chi connectivity index (χ3n) is 5.84. The number of hydrogen-bond acceptors (Lipinski definition) is 7. The normalized spacial score (nSPS) is 14.3. The maximum atomic E-state index is 12.1. The summed E-state index contributed by atoms with van der Waals surface area (Å²) in [6.45, 7) is 8.13. The Balaban J connectivity index is 1.24. The summed E-state index contributed by atoms with van der Waals surface area (Å²) < 4.78 is 23.1. The van der Waals surface area contributed by atoms with E-state index in [4.69, 9.17) is 18.6 Å². The number of rotatable bonds is 8. The largest absolute Gasteiger partial charge is 0.493 e. The summed E-state index contributed by atoms with van der Waals surface area (Å²) in [4.78, 5) is 21.1. The first-order valence-electron chi connectivity index (χ1n) is 12.5. The molecule has 2 heterocycles. The van der Waals surface area contributed by atoms with Crippen LogP contribution in [0, 0.1) is 5.92 Å². The van der Waals surface area contributed by atoms with Gasteiger partial charge in [0.15, 0.2) is 5.58 Å². The first-order valence-corrected chi connectivity index (χ1v) is 12.5. The molecule has 0 aliphatic heterocycles. The lowest BCUT2D eigenvalue weighted by Gasteiger charge is -2.22. The highest BCUT2D eigenvalue weighted by atomic mass is 16.6. The number of carbonyl (C=O) groups excluding carboxylic acids is 1. The Morgan fingerprint density at radius 3 is 2.65 bits per heavy atom. The molecule has 1 fully saturated rings. The monoisotopic (exact) mass is 501 g/mol. The molecule has 1 aliphatic carbocycles. The number of hydrogen-bond donors (Lipinski definition) is 1. The number of nitrogens with zero attached hydrogens (tertiary/aromatic N) is 2. The topological polar surface area (TPSA) is 95.7 Å². The molecule has 5 rings (SSSR count). The van der Waals surface area contributed by atoms with Gasteiger partial charge in [0, 0.05) is 18.3 Å². The fourth-order valence-corrected chi connectivity index (χ4v) is 3.72. The second-order valence-electron chi connectivity index (χ2n) is 10.3. The number of pyridine rings is 1. The van der Waals surface area contributed by atoms with Gasteiger partial charge in [-0.05, 0) is 82.3 Å². The Labute approximate surface area is 216 Å². The number of carbonyl (C=O) groups is 1. The molecule has 4 aromatic rings. The molecule has 1 aliphatic rings. The number of oxazole rings is 1. The fourth-order valence-electron chi connectivity index (χ4n) is 3.72. The predicted molar refractivity (Wildman–Crippen MR) is 140 cm³/mol. The van der Waals surface area contributed by atoms with Crippen LogP contribution in [0.3, 0.4) is 0 Å². The van der Waals surface area contributed by atoms with E-state index >= 15 is 0 Å². The molecule has 1 saturated carbocycles.